The SMILES string of the molecule is Cc1c(CNC(C)C)cnn1-c1ccccc1. The molecule has 90 valence electrons. The van der Waals surface area contributed by atoms with Gasteiger partial charge in [-0.3, -0.25) is 0 Å². The Hall–Kier alpha value is -1.61. The topological polar surface area (TPSA) is 29.9 Å². The highest BCUT2D eigenvalue weighted by Gasteiger charge is 2.07. The third-order valence-electron chi connectivity index (χ3n) is 2.81. The van der Waals surface area contributed by atoms with E-state index in [9.17, 15) is 0 Å². The Morgan fingerprint density at radius 2 is 1.94 bits per heavy atom. The Balaban J connectivity index is 2.21. The molecule has 0 saturated heterocycles. The molecule has 1 aromatic heterocycles. The molecule has 0 atom stereocenters. The van der Waals surface area contributed by atoms with Gasteiger partial charge < -0.3 is 5.32 Å². The molecular formula is C14H19N3. The van der Waals surface area contributed by atoms with E-state index in [0.717, 1.165) is 12.2 Å². The van der Waals surface area contributed by atoms with Crippen molar-refractivity contribution in [2.75, 3.05) is 0 Å². The number of para-hydroxylation sites is 1. The summed E-state index contributed by atoms with van der Waals surface area (Å²) < 4.78 is 1.98. The molecule has 0 spiro atoms. The van der Waals surface area contributed by atoms with Crippen LogP contribution in [-0.4, -0.2) is 15.8 Å². The minimum absolute atomic E-state index is 0.495. The van der Waals surface area contributed by atoms with Crippen LogP contribution in [0.4, 0.5) is 0 Å². The molecule has 0 fully saturated rings. The summed E-state index contributed by atoms with van der Waals surface area (Å²) in [5.74, 6) is 0. The van der Waals surface area contributed by atoms with E-state index in [1.807, 2.05) is 29.1 Å². The molecule has 0 aliphatic heterocycles. The molecule has 0 saturated carbocycles. The van der Waals surface area contributed by atoms with Crippen LogP contribution in [0.15, 0.2) is 36.5 Å². The zero-order valence-electron chi connectivity index (χ0n) is 10.6. The maximum Gasteiger partial charge on any atom is 0.0648 e. The second-order valence-electron chi connectivity index (χ2n) is 4.54. The minimum Gasteiger partial charge on any atom is -0.310 e. The minimum atomic E-state index is 0.495. The van der Waals surface area contributed by atoms with Crippen molar-refractivity contribution in [1.82, 2.24) is 15.1 Å². The third kappa shape index (κ3) is 2.74. The first-order valence-electron chi connectivity index (χ1n) is 6.01. The van der Waals surface area contributed by atoms with E-state index >= 15 is 0 Å². The van der Waals surface area contributed by atoms with Crippen LogP contribution in [0.2, 0.25) is 0 Å². The van der Waals surface area contributed by atoms with Gasteiger partial charge in [0.15, 0.2) is 0 Å². The predicted octanol–water partition coefficient (Wildman–Crippen LogP) is 2.68. The van der Waals surface area contributed by atoms with Gasteiger partial charge in [-0.05, 0) is 19.1 Å². The third-order valence-corrected chi connectivity index (χ3v) is 2.81. The van der Waals surface area contributed by atoms with E-state index in [4.69, 9.17) is 0 Å². The van der Waals surface area contributed by atoms with Crippen molar-refractivity contribution >= 4 is 0 Å². The lowest BCUT2D eigenvalue weighted by atomic mass is 10.2. The zero-order valence-corrected chi connectivity index (χ0v) is 10.6. The van der Waals surface area contributed by atoms with Crippen molar-refractivity contribution < 1.29 is 0 Å². The number of benzene rings is 1. The Morgan fingerprint density at radius 1 is 1.24 bits per heavy atom. The second-order valence-corrected chi connectivity index (χ2v) is 4.54. The van der Waals surface area contributed by atoms with Gasteiger partial charge in [0.1, 0.15) is 0 Å². The summed E-state index contributed by atoms with van der Waals surface area (Å²) in [6.45, 7) is 7.28. The summed E-state index contributed by atoms with van der Waals surface area (Å²) >= 11 is 0. The lowest BCUT2D eigenvalue weighted by molar-refractivity contribution is 0.587. The van der Waals surface area contributed by atoms with E-state index in [1.165, 1.54) is 11.3 Å². The maximum absolute atomic E-state index is 4.44. The molecule has 2 rings (SSSR count). The molecule has 0 aliphatic rings. The largest absolute Gasteiger partial charge is 0.310 e. The molecule has 3 heteroatoms. The smallest absolute Gasteiger partial charge is 0.0648 e. The number of nitrogens with zero attached hydrogens (tertiary/aromatic N) is 2. The first kappa shape index (κ1) is 11.9. The molecule has 1 aromatic carbocycles. The Kier molecular flexibility index (Phi) is 3.59. The van der Waals surface area contributed by atoms with Gasteiger partial charge in [-0.25, -0.2) is 4.68 Å². The van der Waals surface area contributed by atoms with Crippen molar-refractivity contribution in [1.29, 1.82) is 0 Å². The number of rotatable bonds is 4. The van der Waals surface area contributed by atoms with Crippen LogP contribution in [0.25, 0.3) is 5.69 Å². The van der Waals surface area contributed by atoms with Gasteiger partial charge in [-0.2, -0.15) is 5.10 Å². The molecule has 0 amide bonds. The van der Waals surface area contributed by atoms with Crippen molar-refractivity contribution in [3.8, 4) is 5.69 Å². The van der Waals surface area contributed by atoms with Crippen molar-refractivity contribution in [2.45, 2.75) is 33.4 Å². The van der Waals surface area contributed by atoms with Gasteiger partial charge in [-0.15, -0.1) is 0 Å². The predicted molar refractivity (Wildman–Crippen MR) is 70.3 cm³/mol. The van der Waals surface area contributed by atoms with Gasteiger partial charge in [0, 0.05) is 23.8 Å². The Morgan fingerprint density at radius 3 is 2.59 bits per heavy atom. The van der Waals surface area contributed by atoms with E-state index in [1.54, 1.807) is 0 Å². The highest BCUT2D eigenvalue weighted by Crippen LogP contribution is 2.13. The van der Waals surface area contributed by atoms with Gasteiger partial charge >= 0.3 is 0 Å². The molecule has 1 heterocycles. The number of hydrogen-bond donors (Lipinski definition) is 1. The lowest BCUT2D eigenvalue weighted by Crippen LogP contribution is -2.22. The quantitative estimate of drug-likeness (QED) is 0.873. The Bertz CT molecular complexity index is 471. The normalized spacial score (nSPS) is 11.1. The fourth-order valence-corrected chi connectivity index (χ4v) is 1.76. The van der Waals surface area contributed by atoms with Gasteiger partial charge in [0.25, 0.3) is 0 Å². The van der Waals surface area contributed by atoms with Crippen LogP contribution in [0.3, 0.4) is 0 Å². The van der Waals surface area contributed by atoms with E-state index in [2.05, 4.69) is 43.3 Å². The van der Waals surface area contributed by atoms with Gasteiger partial charge in [0.05, 0.1) is 11.9 Å². The maximum atomic E-state index is 4.44. The summed E-state index contributed by atoms with van der Waals surface area (Å²) in [6, 6.07) is 10.7. The molecule has 0 bridgehead atoms. The molecular weight excluding hydrogens is 210 g/mol. The van der Waals surface area contributed by atoms with Crippen molar-refractivity contribution in [3.63, 3.8) is 0 Å². The van der Waals surface area contributed by atoms with E-state index in [0.29, 0.717) is 6.04 Å². The van der Waals surface area contributed by atoms with E-state index < -0.39 is 0 Å². The van der Waals surface area contributed by atoms with Gasteiger partial charge in [0.2, 0.25) is 0 Å². The number of aromatic nitrogens is 2. The van der Waals surface area contributed by atoms with Gasteiger partial charge in [-0.1, -0.05) is 32.0 Å². The summed E-state index contributed by atoms with van der Waals surface area (Å²) in [5.41, 5.74) is 3.56. The average Bonchev–Trinajstić information content (AvgIpc) is 2.69. The van der Waals surface area contributed by atoms with Crippen LogP contribution >= 0.6 is 0 Å². The lowest BCUT2D eigenvalue weighted by Gasteiger charge is -2.08. The second kappa shape index (κ2) is 5.15. The molecule has 0 unspecified atom stereocenters. The highest BCUT2D eigenvalue weighted by molar-refractivity contribution is 5.34. The fourth-order valence-electron chi connectivity index (χ4n) is 1.76. The molecule has 3 nitrogen and oxygen atoms in total. The van der Waals surface area contributed by atoms with Crippen LogP contribution in [0.1, 0.15) is 25.1 Å². The highest BCUT2D eigenvalue weighted by atomic mass is 15.3. The molecule has 0 aliphatic carbocycles. The summed E-state index contributed by atoms with van der Waals surface area (Å²) in [7, 11) is 0. The van der Waals surface area contributed by atoms with Crippen LogP contribution in [-0.2, 0) is 6.54 Å². The van der Waals surface area contributed by atoms with Crippen molar-refractivity contribution in [2.24, 2.45) is 0 Å². The fraction of sp³-hybridized carbons (Fsp3) is 0.357. The summed E-state index contributed by atoms with van der Waals surface area (Å²) in [6.07, 6.45) is 1.94. The standard InChI is InChI=1S/C14H19N3/c1-11(2)15-9-13-10-16-17(12(13)3)14-7-5-4-6-8-14/h4-8,10-11,15H,9H2,1-3H3. The zero-order chi connectivity index (χ0) is 12.3. The number of hydrogen-bond acceptors (Lipinski definition) is 2. The molecule has 1 N–H and O–H groups in total. The van der Waals surface area contributed by atoms with Crippen LogP contribution < -0.4 is 5.32 Å². The first-order valence-corrected chi connectivity index (χ1v) is 6.01. The monoisotopic (exact) mass is 229 g/mol. The number of nitrogens with one attached hydrogen (secondary N) is 1. The van der Waals surface area contributed by atoms with Crippen LogP contribution in [0, 0.1) is 6.92 Å². The Labute approximate surface area is 102 Å². The average molecular weight is 229 g/mol. The van der Waals surface area contributed by atoms with Crippen molar-refractivity contribution in [3.05, 3.63) is 47.8 Å². The molecule has 2 aromatic rings. The summed E-state index contributed by atoms with van der Waals surface area (Å²) in [5, 5.41) is 7.85. The van der Waals surface area contributed by atoms with E-state index in [-0.39, 0.29) is 0 Å². The van der Waals surface area contributed by atoms with Crippen LogP contribution in [0.5, 0.6) is 0 Å². The molecule has 0 radical (unpaired) electrons. The summed E-state index contributed by atoms with van der Waals surface area (Å²) in [4.78, 5) is 0. The molecule has 17 heavy (non-hydrogen) atoms. The first-order chi connectivity index (χ1) is 8.18.